The van der Waals surface area contributed by atoms with Crippen LogP contribution in [0.15, 0.2) is 48.2 Å². The molecule has 3 rings (SSSR count). The smallest absolute Gasteiger partial charge is 0.313 e. The van der Waals surface area contributed by atoms with Crippen LogP contribution < -0.4 is 14.4 Å². The fourth-order valence-corrected chi connectivity index (χ4v) is 2.99. The second kappa shape index (κ2) is 8.30. The monoisotopic (exact) mass is 379 g/mol. The van der Waals surface area contributed by atoms with Crippen molar-refractivity contribution in [2.45, 2.75) is 27.7 Å². The number of anilines is 1. The number of Topliss-reactive ketones (excluding diaryl/α,β-unsaturated/α-hetero) is 1. The molecule has 1 aliphatic rings. The number of benzene rings is 2. The Hall–Kier alpha value is -3.08. The van der Waals surface area contributed by atoms with Gasteiger partial charge in [0.1, 0.15) is 11.5 Å². The van der Waals surface area contributed by atoms with Gasteiger partial charge in [-0.25, -0.2) is 0 Å². The molecule has 0 radical (unpaired) electrons. The lowest BCUT2D eigenvalue weighted by Crippen LogP contribution is -2.21. The van der Waals surface area contributed by atoms with Gasteiger partial charge in [0.15, 0.2) is 5.76 Å². The van der Waals surface area contributed by atoms with Crippen LogP contribution in [0, 0.1) is 5.92 Å². The molecule has 2 aromatic carbocycles. The largest absolute Gasteiger partial charge is 0.452 e. The number of hydrogen-bond acceptors (Lipinski definition) is 5. The number of carbonyl (C=O) groups excluding carboxylic acids is 2. The zero-order chi connectivity index (χ0) is 20.3. The number of fused-ring (bicyclic) bond motifs is 1. The number of ketones is 1. The number of ether oxygens (including phenoxy) is 2. The molecule has 0 aromatic heterocycles. The lowest BCUT2D eigenvalue weighted by atomic mass is 10.1. The van der Waals surface area contributed by atoms with Crippen LogP contribution in [0.4, 0.5) is 5.69 Å². The van der Waals surface area contributed by atoms with Crippen LogP contribution in [0.25, 0.3) is 6.08 Å². The van der Waals surface area contributed by atoms with E-state index in [9.17, 15) is 9.59 Å². The second-order valence-electron chi connectivity index (χ2n) is 6.94. The first-order chi connectivity index (χ1) is 13.4. The number of allylic oxidation sites excluding steroid dienone is 1. The molecule has 0 saturated carbocycles. The maximum absolute atomic E-state index is 12.6. The zero-order valence-electron chi connectivity index (χ0n) is 16.7. The molecule has 0 saturated heterocycles. The standard InChI is InChI=1S/C23H25NO4/c1-5-24(6-2)17-9-7-16(8-10-17)13-21-22(25)19-12-11-18(14-20(19)28-21)27-23(26)15(3)4/h7-15H,5-6H2,1-4H3/b21-13-. The summed E-state index contributed by atoms with van der Waals surface area (Å²) in [6.07, 6.45) is 1.73. The minimum Gasteiger partial charge on any atom is -0.452 e. The fourth-order valence-electron chi connectivity index (χ4n) is 2.99. The van der Waals surface area contributed by atoms with Gasteiger partial charge in [-0.3, -0.25) is 9.59 Å². The van der Waals surface area contributed by atoms with Gasteiger partial charge in [-0.1, -0.05) is 26.0 Å². The first-order valence-electron chi connectivity index (χ1n) is 9.58. The number of nitrogens with zero attached hydrogens (tertiary/aromatic N) is 1. The minimum atomic E-state index is -0.326. The maximum Gasteiger partial charge on any atom is 0.313 e. The molecule has 146 valence electrons. The highest BCUT2D eigenvalue weighted by atomic mass is 16.5. The Morgan fingerprint density at radius 2 is 1.79 bits per heavy atom. The lowest BCUT2D eigenvalue weighted by molar-refractivity contribution is -0.137. The summed E-state index contributed by atoms with van der Waals surface area (Å²) in [6.45, 7) is 9.65. The highest BCUT2D eigenvalue weighted by Gasteiger charge is 2.28. The molecule has 0 N–H and O–H groups in total. The van der Waals surface area contributed by atoms with E-state index in [0.717, 1.165) is 24.3 Å². The summed E-state index contributed by atoms with van der Waals surface area (Å²) < 4.78 is 11.0. The first kappa shape index (κ1) is 19.7. The van der Waals surface area contributed by atoms with Crippen LogP contribution in [-0.2, 0) is 4.79 Å². The van der Waals surface area contributed by atoms with Crippen LogP contribution in [0.1, 0.15) is 43.6 Å². The molecule has 28 heavy (non-hydrogen) atoms. The summed E-state index contributed by atoms with van der Waals surface area (Å²) in [5, 5.41) is 0. The number of hydrogen-bond donors (Lipinski definition) is 0. The van der Waals surface area contributed by atoms with Crippen LogP contribution in [0.2, 0.25) is 0 Å². The van der Waals surface area contributed by atoms with E-state index in [-0.39, 0.29) is 23.4 Å². The third kappa shape index (κ3) is 4.09. The van der Waals surface area contributed by atoms with Crippen molar-refractivity contribution in [2.75, 3.05) is 18.0 Å². The molecule has 0 atom stereocenters. The van der Waals surface area contributed by atoms with Gasteiger partial charge >= 0.3 is 5.97 Å². The second-order valence-corrected chi connectivity index (χ2v) is 6.94. The van der Waals surface area contributed by atoms with Gasteiger partial charge < -0.3 is 14.4 Å². The van der Waals surface area contributed by atoms with Crippen LogP contribution in [0.3, 0.4) is 0 Å². The van der Waals surface area contributed by atoms with Gasteiger partial charge in [-0.2, -0.15) is 0 Å². The van der Waals surface area contributed by atoms with Crippen molar-refractivity contribution in [3.63, 3.8) is 0 Å². The summed E-state index contributed by atoms with van der Waals surface area (Å²) >= 11 is 0. The van der Waals surface area contributed by atoms with Crippen molar-refractivity contribution >= 4 is 23.5 Å². The predicted octanol–water partition coefficient (Wildman–Crippen LogP) is 4.71. The van der Waals surface area contributed by atoms with Gasteiger partial charge in [0, 0.05) is 24.8 Å². The van der Waals surface area contributed by atoms with Gasteiger partial charge in [-0.15, -0.1) is 0 Å². The molecule has 5 heteroatoms. The van der Waals surface area contributed by atoms with Crippen molar-refractivity contribution in [3.05, 3.63) is 59.4 Å². The molecule has 0 unspecified atom stereocenters. The summed E-state index contributed by atoms with van der Waals surface area (Å²) in [7, 11) is 0. The van der Waals surface area contributed by atoms with Crippen molar-refractivity contribution in [2.24, 2.45) is 5.92 Å². The van der Waals surface area contributed by atoms with E-state index < -0.39 is 0 Å². The highest BCUT2D eigenvalue weighted by Crippen LogP contribution is 2.35. The summed E-state index contributed by atoms with van der Waals surface area (Å²) in [6, 6.07) is 12.8. The van der Waals surface area contributed by atoms with E-state index in [0.29, 0.717) is 17.1 Å². The average molecular weight is 379 g/mol. The maximum atomic E-state index is 12.6. The van der Waals surface area contributed by atoms with Crippen molar-refractivity contribution in [1.29, 1.82) is 0 Å². The summed E-state index contributed by atoms with van der Waals surface area (Å²) in [4.78, 5) is 26.6. The Morgan fingerprint density at radius 1 is 1.11 bits per heavy atom. The SMILES string of the molecule is CCN(CC)c1ccc(/C=C2\Oc3cc(OC(=O)C(C)C)ccc3C2=O)cc1. The molecule has 0 spiro atoms. The zero-order valence-corrected chi connectivity index (χ0v) is 16.7. The Balaban J connectivity index is 1.78. The van der Waals surface area contributed by atoms with Gasteiger partial charge in [0.25, 0.3) is 0 Å². The van der Waals surface area contributed by atoms with E-state index in [1.807, 2.05) is 24.3 Å². The Labute approximate surface area is 165 Å². The Bertz CT molecular complexity index is 909. The Kier molecular flexibility index (Phi) is 5.83. The number of esters is 1. The molecule has 0 fully saturated rings. The number of rotatable bonds is 6. The quantitative estimate of drug-likeness (QED) is 0.413. The van der Waals surface area contributed by atoms with Crippen LogP contribution in [0.5, 0.6) is 11.5 Å². The third-order valence-electron chi connectivity index (χ3n) is 4.65. The average Bonchev–Trinajstić information content (AvgIpc) is 2.99. The van der Waals surface area contributed by atoms with Gasteiger partial charge in [0.2, 0.25) is 5.78 Å². The molecule has 1 aliphatic heterocycles. The van der Waals surface area contributed by atoms with E-state index >= 15 is 0 Å². The van der Waals surface area contributed by atoms with Crippen molar-refractivity contribution < 1.29 is 19.1 Å². The minimum absolute atomic E-state index is 0.176. The summed E-state index contributed by atoms with van der Waals surface area (Å²) in [5.74, 6) is 0.307. The molecule has 1 heterocycles. The van der Waals surface area contributed by atoms with E-state index in [1.54, 1.807) is 38.1 Å². The van der Waals surface area contributed by atoms with E-state index in [4.69, 9.17) is 9.47 Å². The third-order valence-corrected chi connectivity index (χ3v) is 4.65. The summed E-state index contributed by atoms with van der Waals surface area (Å²) in [5.41, 5.74) is 2.50. The highest BCUT2D eigenvalue weighted by molar-refractivity contribution is 6.14. The first-order valence-corrected chi connectivity index (χ1v) is 9.58. The van der Waals surface area contributed by atoms with Gasteiger partial charge in [-0.05, 0) is 49.8 Å². The fraction of sp³-hybridized carbons (Fsp3) is 0.304. The molecule has 5 nitrogen and oxygen atoms in total. The normalized spacial score (nSPS) is 14.2. The molecule has 0 amide bonds. The van der Waals surface area contributed by atoms with Crippen molar-refractivity contribution in [1.82, 2.24) is 0 Å². The molecule has 0 aliphatic carbocycles. The molecular formula is C23H25NO4. The van der Waals surface area contributed by atoms with Crippen LogP contribution >= 0.6 is 0 Å². The van der Waals surface area contributed by atoms with Crippen LogP contribution in [-0.4, -0.2) is 24.8 Å². The Morgan fingerprint density at radius 3 is 2.39 bits per heavy atom. The lowest BCUT2D eigenvalue weighted by Gasteiger charge is -2.20. The van der Waals surface area contributed by atoms with E-state index in [2.05, 4.69) is 18.7 Å². The molecular weight excluding hydrogens is 354 g/mol. The number of carbonyl (C=O) groups is 2. The van der Waals surface area contributed by atoms with E-state index in [1.165, 1.54) is 0 Å². The molecule has 2 aromatic rings. The topological polar surface area (TPSA) is 55.8 Å². The molecule has 0 bridgehead atoms. The van der Waals surface area contributed by atoms with Gasteiger partial charge in [0.05, 0.1) is 11.5 Å². The van der Waals surface area contributed by atoms with Crippen molar-refractivity contribution in [3.8, 4) is 11.5 Å². The predicted molar refractivity (Wildman–Crippen MR) is 110 cm³/mol.